The normalized spacial score (nSPS) is 12.9. The molecule has 0 atom stereocenters. The van der Waals surface area contributed by atoms with Crippen LogP contribution < -0.4 is 10.6 Å². The number of hydrogen-bond donors (Lipinski definition) is 2. The summed E-state index contributed by atoms with van der Waals surface area (Å²) in [5.74, 6) is -0.302. The standard InChI is InChI=1S/C21H27N5O2/c1-25(2)9-7-23-14-11-16-19(18(12-14)24-8-10-26(3)4)21(28)15-5-6-22-13-17(15)20(16)27/h5-6,11-13,23-24H,7-10H2,1-4H3. The van der Waals surface area contributed by atoms with Gasteiger partial charge in [-0.15, -0.1) is 0 Å². The summed E-state index contributed by atoms with van der Waals surface area (Å²) in [7, 11) is 8.01. The van der Waals surface area contributed by atoms with Gasteiger partial charge < -0.3 is 20.4 Å². The fraction of sp³-hybridized carbons (Fsp3) is 0.381. The summed E-state index contributed by atoms with van der Waals surface area (Å²) in [6, 6.07) is 5.31. The summed E-state index contributed by atoms with van der Waals surface area (Å²) in [6.45, 7) is 3.09. The van der Waals surface area contributed by atoms with Crippen LogP contribution in [0, 0.1) is 0 Å². The van der Waals surface area contributed by atoms with E-state index < -0.39 is 0 Å². The molecule has 28 heavy (non-hydrogen) atoms. The molecule has 1 aliphatic carbocycles. The van der Waals surface area contributed by atoms with Crippen molar-refractivity contribution in [2.75, 3.05) is 65.0 Å². The van der Waals surface area contributed by atoms with E-state index in [0.29, 0.717) is 34.5 Å². The second-order valence-electron chi connectivity index (χ2n) is 7.49. The SMILES string of the molecule is CN(C)CCNc1cc(NCCN(C)C)c2c(c1)C(=O)c1cnccc1C2=O. The summed E-state index contributed by atoms with van der Waals surface area (Å²) < 4.78 is 0. The van der Waals surface area contributed by atoms with Crippen LogP contribution in [0.1, 0.15) is 31.8 Å². The van der Waals surface area contributed by atoms with Gasteiger partial charge in [0.15, 0.2) is 11.6 Å². The zero-order valence-corrected chi connectivity index (χ0v) is 16.9. The van der Waals surface area contributed by atoms with Gasteiger partial charge in [0.1, 0.15) is 0 Å². The van der Waals surface area contributed by atoms with E-state index in [2.05, 4.69) is 25.4 Å². The minimum Gasteiger partial charge on any atom is -0.384 e. The lowest BCUT2D eigenvalue weighted by Crippen LogP contribution is -2.26. The first kappa shape index (κ1) is 20.0. The molecule has 0 fully saturated rings. The van der Waals surface area contributed by atoms with Crippen molar-refractivity contribution in [2.24, 2.45) is 0 Å². The lowest BCUT2D eigenvalue weighted by atomic mass is 9.83. The fourth-order valence-corrected chi connectivity index (χ4v) is 3.20. The van der Waals surface area contributed by atoms with Crippen molar-refractivity contribution in [3.8, 4) is 0 Å². The second kappa shape index (κ2) is 8.50. The zero-order chi connectivity index (χ0) is 20.3. The molecular formula is C21H27N5O2. The third-order valence-corrected chi connectivity index (χ3v) is 4.68. The number of nitrogens with zero attached hydrogens (tertiary/aromatic N) is 3. The lowest BCUT2D eigenvalue weighted by Gasteiger charge is -2.23. The highest BCUT2D eigenvalue weighted by atomic mass is 16.1. The van der Waals surface area contributed by atoms with Crippen LogP contribution >= 0.6 is 0 Å². The van der Waals surface area contributed by atoms with Crippen molar-refractivity contribution in [1.82, 2.24) is 14.8 Å². The molecule has 7 nitrogen and oxygen atoms in total. The number of anilines is 2. The largest absolute Gasteiger partial charge is 0.384 e. The third kappa shape index (κ3) is 4.21. The minimum atomic E-state index is -0.162. The van der Waals surface area contributed by atoms with Gasteiger partial charge in [0.2, 0.25) is 0 Å². The van der Waals surface area contributed by atoms with Crippen molar-refractivity contribution in [3.63, 3.8) is 0 Å². The molecule has 1 aliphatic rings. The van der Waals surface area contributed by atoms with Gasteiger partial charge in [0.25, 0.3) is 0 Å². The number of ketones is 2. The number of hydrogen-bond acceptors (Lipinski definition) is 7. The van der Waals surface area contributed by atoms with Crippen molar-refractivity contribution in [2.45, 2.75) is 0 Å². The third-order valence-electron chi connectivity index (χ3n) is 4.68. The molecule has 1 aromatic heterocycles. The molecule has 0 spiro atoms. The van der Waals surface area contributed by atoms with Crippen LogP contribution in [0.5, 0.6) is 0 Å². The van der Waals surface area contributed by atoms with Crippen LogP contribution in [0.4, 0.5) is 11.4 Å². The number of rotatable bonds is 8. The number of likely N-dealkylation sites (N-methyl/N-ethyl adjacent to an activating group) is 2. The fourth-order valence-electron chi connectivity index (χ4n) is 3.20. The minimum absolute atomic E-state index is 0.140. The van der Waals surface area contributed by atoms with Crippen LogP contribution in [0.2, 0.25) is 0 Å². The first-order valence-electron chi connectivity index (χ1n) is 9.37. The van der Waals surface area contributed by atoms with Crippen LogP contribution in [0.15, 0.2) is 30.6 Å². The number of carbonyl (C=O) groups excluding carboxylic acids is 2. The Labute approximate surface area is 165 Å². The van der Waals surface area contributed by atoms with Gasteiger partial charge in [-0.3, -0.25) is 14.6 Å². The lowest BCUT2D eigenvalue weighted by molar-refractivity contribution is 0.0979. The molecule has 1 aromatic carbocycles. The van der Waals surface area contributed by atoms with E-state index in [-0.39, 0.29) is 11.6 Å². The van der Waals surface area contributed by atoms with Gasteiger partial charge in [0.05, 0.1) is 11.1 Å². The Bertz CT molecular complexity index is 892. The first-order valence-corrected chi connectivity index (χ1v) is 9.37. The average molecular weight is 381 g/mol. The van der Waals surface area contributed by atoms with Crippen LogP contribution in [0.3, 0.4) is 0 Å². The van der Waals surface area contributed by atoms with Crippen molar-refractivity contribution in [3.05, 3.63) is 52.8 Å². The first-order chi connectivity index (χ1) is 13.4. The molecule has 2 N–H and O–H groups in total. The Morgan fingerprint density at radius 1 is 0.857 bits per heavy atom. The number of nitrogens with one attached hydrogen (secondary N) is 2. The maximum atomic E-state index is 13.1. The van der Waals surface area contributed by atoms with Crippen molar-refractivity contribution < 1.29 is 9.59 Å². The smallest absolute Gasteiger partial charge is 0.196 e. The number of benzene rings is 1. The van der Waals surface area contributed by atoms with E-state index in [4.69, 9.17) is 0 Å². The van der Waals surface area contributed by atoms with Gasteiger partial charge >= 0.3 is 0 Å². The molecule has 3 rings (SSSR count). The maximum Gasteiger partial charge on any atom is 0.196 e. The highest BCUT2D eigenvalue weighted by Crippen LogP contribution is 2.34. The van der Waals surface area contributed by atoms with Crippen LogP contribution in [0.25, 0.3) is 0 Å². The van der Waals surface area contributed by atoms with Crippen molar-refractivity contribution in [1.29, 1.82) is 0 Å². The maximum absolute atomic E-state index is 13.1. The van der Waals surface area contributed by atoms with Gasteiger partial charge in [-0.25, -0.2) is 0 Å². The van der Waals surface area contributed by atoms with Crippen LogP contribution in [-0.2, 0) is 0 Å². The number of aromatic nitrogens is 1. The average Bonchev–Trinajstić information content (AvgIpc) is 2.65. The predicted molar refractivity (Wildman–Crippen MR) is 112 cm³/mol. The summed E-state index contributed by atoms with van der Waals surface area (Å²) in [5, 5.41) is 6.70. The van der Waals surface area contributed by atoms with Gasteiger partial charge in [-0.05, 0) is 46.4 Å². The van der Waals surface area contributed by atoms with Gasteiger partial charge in [-0.1, -0.05) is 0 Å². The molecule has 0 bridgehead atoms. The highest BCUT2D eigenvalue weighted by Gasteiger charge is 2.32. The molecule has 0 aliphatic heterocycles. The predicted octanol–water partition coefficient (Wildman–Crippen LogP) is 1.80. The molecule has 0 radical (unpaired) electrons. The Morgan fingerprint density at radius 3 is 2.21 bits per heavy atom. The van der Waals surface area contributed by atoms with E-state index >= 15 is 0 Å². The molecule has 0 saturated carbocycles. The number of carbonyl (C=O) groups is 2. The highest BCUT2D eigenvalue weighted by molar-refractivity contribution is 6.30. The van der Waals surface area contributed by atoms with Crippen LogP contribution in [-0.4, -0.2) is 80.7 Å². The molecule has 148 valence electrons. The van der Waals surface area contributed by atoms with E-state index in [1.54, 1.807) is 18.3 Å². The Morgan fingerprint density at radius 2 is 1.54 bits per heavy atom. The zero-order valence-electron chi connectivity index (χ0n) is 16.9. The Kier molecular flexibility index (Phi) is 6.06. The number of fused-ring (bicyclic) bond motifs is 2. The monoisotopic (exact) mass is 381 g/mol. The van der Waals surface area contributed by atoms with E-state index in [9.17, 15) is 9.59 Å². The molecule has 0 saturated heterocycles. The van der Waals surface area contributed by atoms with Gasteiger partial charge in [0, 0.05) is 61.1 Å². The number of pyridine rings is 1. The summed E-state index contributed by atoms with van der Waals surface area (Å²) in [4.78, 5) is 34.4. The van der Waals surface area contributed by atoms with E-state index in [1.165, 1.54) is 6.20 Å². The molecule has 0 amide bonds. The Hall–Kier alpha value is -2.77. The molecule has 1 heterocycles. The molecule has 2 aromatic rings. The summed E-state index contributed by atoms with van der Waals surface area (Å²) in [6.07, 6.45) is 3.02. The van der Waals surface area contributed by atoms with Crippen molar-refractivity contribution >= 4 is 22.9 Å². The molecule has 7 heteroatoms. The topological polar surface area (TPSA) is 77.6 Å². The van der Waals surface area contributed by atoms with E-state index in [1.807, 2.05) is 34.3 Å². The second-order valence-corrected chi connectivity index (χ2v) is 7.49. The molecule has 0 unspecified atom stereocenters. The quantitative estimate of drug-likeness (QED) is 0.616. The summed E-state index contributed by atoms with van der Waals surface area (Å²) in [5.41, 5.74) is 3.16. The van der Waals surface area contributed by atoms with Gasteiger partial charge in [-0.2, -0.15) is 0 Å². The summed E-state index contributed by atoms with van der Waals surface area (Å²) >= 11 is 0. The van der Waals surface area contributed by atoms with E-state index in [0.717, 1.165) is 25.3 Å². The Balaban J connectivity index is 1.99. The molecular weight excluding hydrogens is 354 g/mol.